The molecule has 7 heteroatoms. The number of para-hydroxylation sites is 1. The second kappa shape index (κ2) is 12.4. The highest BCUT2D eigenvalue weighted by Crippen LogP contribution is 2.18. The maximum Gasteiger partial charge on any atom is 0.258 e. The van der Waals surface area contributed by atoms with Crippen molar-refractivity contribution < 1.29 is 14.4 Å². The van der Waals surface area contributed by atoms with Crippen molar-refractivity contribution in [1.82, 2.24) is 4.90 Å². The second-order valence-corrected chi connectivity index (χ2v) is 8.35. The van der Waals surface area contributed by atoms with Crippen molar-refractivity contribution in [3.63, 3.8) is 0 Å². The van der Waals surface area contributed by atoms with Crippen LogP contribution in [0.5, 0.6) is 0 Å². The summed E-state index contributed by atoms with van der Waals surface area (Å²) in [6, 6.07) is 24.2. The molecule has 3 aromatic carbocycles. The van der Waals surface area contributed by atoms with E-state index in [4.69, 9.17) is 0 Å². The summed E-state index contributed by atoms with van der Waals surface area (Å²) < 4.78 is 0. The first-order valence-electron chi connectivity index (χ1n) is 11.7. The molecule has 0 heterocycles. The highest BCUT2D eigenvalue weighted by atomic mass is 16.2. The molecule has 3 aromatic rings. The number of anilines is 3. The third kappa shape index (κ3) is 7.43. The molecule has 0 saturated heterocycles. The van der Waals surface area contributed by atoms with E-state index in [1.807, 2.05) is 61.5 Å². The third-order valence-corrected chi connectivity index (χ3v) is 5.58. The van der Waals surface area contributed by atoms with E-state index in [0.29, 0.717) is 30.6 Å². The number of hydrogen-bond donors (Lipinski definition) is 2. The van der Waals surface area contributed by atoms with Gasteiger partial charge in [0, 0.05) is 49.7 Å². The van der Waals surface area contributed by atoms with Crippen LogP contribution in [0.3, 0.4) is 0 Å². The standard InChI is InChI=1S/C28H32N4O3/c1-4-32(25-8-6-5-7-9-25)28(35)22-13-17-23(18-14-22)29-20-26(33)30-24-15-10-21(11-16-24)12-19-27(34)31(2)3/h5-11,13-18,29H,4,12,19-20H2,1-3H3,(H,30,33). The van der Waals surface area contributed by atoms with E-state index in [1.54, 1.807) is 48.2 Å². The molecule has 35 heavy (non-hydrogen) atoms. The summed E-state index contributed by atoms with van der Waals surface area (Å²) in [4.78, 5) is 40.3. The quantitative estimate of drug-likeness (QED) is 0.458. The number of carbonyl (C=O) groups is 3. The minimum atomic E-state index is -0.179. The van der Waals surface area contributed by atoms with Gasteiger partial charge in [-0.2, -0.15) is 0 Å². The topological polar surface area (TPSA) is 81.8 Å². The number of benzene rings is 3. The monoisotopic (exact) mass is 472 g/mol. The van der Waals surface area contributed by atoms with Crippen LogP contribution in [0, 0.1) is 0 Å². The van der Waals surface area contributed by atoms with Crippen molar-refractivity contribution >= 4 is 34.8 Å². The molecule has 7 nitrogen and oxygen atoms in total. The Morgan fingerprint density at radius 1 is 0.800 bits per heavy atom. The zero-order valence-electron chi connectivity index (χ0n) is 20.5. The summed E-state index contributed by atoms with van der Waals surface area (Å²) >= 11 is 0. The summed E-state index contributed by atoms with van der Waals surface area (Å²) in [5.41, 5.74) is 3.92. The molecule has 182 valence electrons. The number of rotatable bonds is 10. The first kappa shape index (κ1) is 25.5. The predicted octanol–water partition coefficient (Wildman–Crippen LogP) is 4.42. The number of amides is 3. The summed E-state index contributed by atoms with van der Waals surface area (Å²) in [6.07, 6.45) is 1.11. The predicted molar refractivity (Wildman–Crippen MR) is 141 cm³/mol. The molecule has 0 aromatic heterocycles. The van der Waals surface area contributed by atoms with Crippen molar-refractivity contribution in [2.45, 2.75) is 19.8 Å². The molecule has 0 aliphatic heterocycles. The molecule has 0 aliphatic rings. The van der Waals surface area contributed by atoms with Gasteiger partial charge in [-0.15, -0.1) is 0 Å². The Morgan fingerprint density at radius 2 is 1.43 bits per heavy atom. The van der Waals surface area contributed by atoms with Crippen LogP contribution in [-0.4, -0.2) is 49.8 Å². The number of nitrogens with zero attached hydrogens (tertiary/aromatic N) is 2. The van der Waals surface area contributed by atoms with E-state index in [0.717, 1.165) is 16.9 Å². The van der Waals surface area contributed by atoms with Gasteiger partial charge in [0.05, 0.1) is 6.54 Å². The minimum Gasteiger partial charge on any atom is -0.376 e. The van der Waals surface area contributed by atoms with E-state index >= 15 is 0 Å². The molecule has 0 aliphatic carbocycles. The normalized spacial score (nSPS) is 10.4. The number of nitrogens with one attached hydrogen (secondary N) is 2. The van der Waals surface area contributed by atoms with Crippen LogP contribution in [0.2, 0.25) is 0 Å². The highest BCUT2D eigenvalue weighted by Gasteiger charge is 2.15. The van der Waals surface area contributed by atoms with E-state index in [1.165, 1.54) is 0 Å². The first-order valence-corrected chi connectivity index (χ1v) is 11.7. The Bertz CT molecular complexity index is 1130. The van der Waals surface area contributed by atoms with E-state index in [-0.39, 0.29) is 24.3 Å². The van der Waals surface area contributed by atoms with Crippen LogP contribution in [0.15, 0.2) is 78.9 Å². The number of hydrogen-bond acceptors (Lipinski definition) is 4. The molecule has 0 fully saturated rings. The smallest absolute Gasteiger partial charge is 0.258 e. The van der Waals surface area contributed by atoms with E-state index in [9.17, 15) is 14.4 Å². The minimum absolute atomic E-state index is 0.0717. The SMILES string of the molecule is CCN(C(=O)c1ccc(NCC(=O)Nc2ccc(CCC(=O)N(C)C)cc2)cc1)c1ccccc1. The molecule has 0 unspecified atom stereocenters. The Kier molecular flexibility index (Phi) is 9.01. The maximum atomic E-state index is 12.9. The lowest BCUT2D eigenvalue weighted by molar-refractivity contribution is -0.128. The van der Waals surface area contributed by atoms with Gasteiger partial charge in [-0.05, 0) is 67.4 Å². The summed E-state index contributed by atoms with van der Waals surface area (Å²) in [5, 5.41) is 5.94. The van der Waals surface area contributed by atoms with Crippen molar-refractivity contribution in [3.05, 3.63) is 90.0 Å². The Labute approximate surface area is 206 Å². The van der Waals surface area contributed by atoms with Gasteiger partial charge in [0.2, 0.25) is 11.8 Å². The highest BCUT2D eigenvalue weighted by molar-refractivity contribution is 6.06. The van der Waals surface area contributed by atoms with Gasteiger partial charge in [0.25, 0.3) is 5.91 Å². The molecule has 0 saturated carbocycles. The fourth-order valence-electron chi connectivity index (χ4n) is 3.56. The Morgan fingerprint density at radius 3 is 2.03 bits per heavy atom. The number of aryl methyl sites for hydroxylation is 1. The zero-order valence-corrected chi connectivity index (χ0v) is 20.5. The summed E-state index contributed by atoms with van der Waals surface area (Å²) in [6.45, 7) is 2.61. The van der Waals surface area contributed by atoms with Crippen LogP contribution in [0.4, 0.5) is 17.1 Å². The van der Waals surface area contributed by atoms with Crippen LogP contribution in [-0.2, 0) is 16.0 Å². The lowest BCUT2D eigenvalue weighted by Gasteiger charge is -2.21. The first-order chi connectivity index (χ1) is 16.9. The van der Waals surface area contributed by atoms with Crippen LogP contribution in [0.25, 0.3) is 0 Å². The third-order valence-electron chi connectivity index (χ3n) is 5.58. The summed E-state index contributed by atoms with van der Waals surface area (Å²) in [5.74, 6) is -0.163. The average Bonchev–Trinajstić information content (AvgIpc) is 2.88. The fourth-order valence-corrected chi connectivity index (χ4v) is 3.56. The number of carbonyl (C=O) groups excluding carboxylic acids is 3. The van der Waals surface area contributed by atoms with Crippen LogP contribution in [0.1, 0.15) is 29.3 Å². The zero-order chi connectivity index (χ0) is 25.2. The van der Waals surface area contributed by atoms with Crippen molar-refractivity contribution in [2.24, 2.45) is 0 Å². The lowest BCUT2D eigenvalue weighted by atomic mass is 10.1. The van der Waals surface area contributed by atoms with Gasteiger partial charge < -0.3 is 20.4 Å². The molecule has 0 bridgehead atoms. The molecule has 0 atom stereocenters. The second-order valence-electron chi connectivity index (χ2n) is 8.35. The largest absolute Gasteiger partial charge is 0.376 e. The van der Waals surface area contributed by atoms with Crippen LogP contribution < -0.4 is 15.5 Å². The maximum absolute atomic E-state index is 12.9. The molecule has 3 amide bonds. The fraction of sp³-hybridized carbons (Fsp3) is 0.250. The average molecular weight is 473 g/mol. The van der Waals surface area contributed by atoms with Gasteiger partial charge >= 0.3 is 0 Å². The molecule has 0 spiro atoms. The lowest BCUT2D eigenvalue weighted by Crippen LogP contribution is -2.30. The van der Waals surface area contributed by atoms with Gasteiger partial charge in [-0.1, -0.05) is 30.3 Å². The molecule has 0 radical (unpaired) electrons. The molecule has 2 N–H and O–H groups in total. The van der Waals surface area contributed by atoms with Gasteiger partial charge in [-0.3, -0.25) is 14.4 Å². The van der Waals surface area contributed by atoms with Crippen molar-refractivity contribution in [3.8, 4) is 0 Å². The van der Waals surface area contributed by atoms with Gasteiger partial charge in [0.1, 0.15) is 0 Å². The van der Waals surface area contributed by atoms with E-state index in [2.05, 4.69) is 10.6 Å². The Hall–Kier alpha value is -4.13. The van der Waals surface area contributed by atoms with Gasteiger partial charge in [-0.25, -0.2) is 0 Å². The van der Waals surface area contributed by atoms with Crippen molar-refractivity contribution in [2.75, 3.05) is 42.7 Å². The van der Waals surface area contributed by atoms with Crippen LogP contribution >= 0.6 is 0 Å². The Balaban J connectivity index is 1.49. The molecular formula is C28H32N4O3. The molecular weight excluding hydrogens is 440 g/mol. The summed E-state index contributed by atoms with van der Waals surface area (Å²) in [7, 11) is 3.49. The van der Waals surface area contributed by atoms with Gasteiger partial charge in [0.15, 0.2) is 0 Å². The van der Waals surface area contributed by atoms with Crippen molar-refractivity contribution in [1.29, 1.82) is 0 Å². The molecule has 3 rings (SSSR count). The van der Waals surface area contributed by atoms with E-state index < -0.39 is 0 Å².